The minimum atomic E-state index is 0.794. The van der Waals surface area contributed by atoms with Gasteiger partial charge in [-0.1, -0.05) is 67.1 Å². The summed E-state index contributed by atoms with van der Waals surface area (Å²) in [5.41, 5.74) is 2.96. The van der Waals surface area contributed by atoms with Crippen LogP contribution in [0.1, 0.15) is 30.4 Å². The zero-order chi connectivity index (χ0) is 12.9. The molecular formula is C19H21. The highest BCUT2D eigenvalue weighted by Gasteiger charge is 2.27. The van der Waals surface area contributed by atoms with Crippen LogP contribution in [0.15, 0.2) is 60.7 Å². The molecule has 2 aromatic rings. The van der Waals surface area contributed by atoms with Gasteiger partial charge in [-0.3, -0.25) is 0 Å². The second-order valence-electron chi connectivity index (χ2n) is 5.60. The lowest BCUT2D eigenvalue weighted by Gasteiger charge is -2.19. The number of hydrogen-bond donors (Lipinski definition) is 0. The van der Waals surface area contributed by atoms with E-state index in [2.05, 4.69) is 60.7 Å². The first-order valence-electron chi connectivity index (χ1n) is 7.34. The molecule has 0 aliphatic heterocycles. The van der Waals surface area contributed by atoms with Crippen LogP contribution in [0.5, 0.6) is 0 Å². The van der Waals surface area contributed by atoms with Gasteiger partial charge < -0.3 is 0 Å². The van der Waals surface area contributed by atoms with Gasteiger partial charge in [0, 0.05) is 0 Å². The molecule has 0 saturated heterocycles. The van der Waals surface area contributed by atoms with E-state index in [1.165, 1.54) is 43.2 Å². The summed E-state index contributed by atoms with van der Waals surface area (Å²) in [7, 11) is 0. The summed E-state index contributed by atoms with van der Waals surface area (Å²) in [5, 5.41) is 0. The van der Waals surface area contributed by atoms with Gasteiger partial charge in [0.1, 0.15) is 0 Å². The average molecular weight is 249 g/mol. The molecule has 0 aromatic heterocycles. The third-order valence-electron chi connectivity index (χ3n) is 4.23. The van der Waals surface area contributed by atoms with Crippen LogP contribution in [0.4, 0.5) is 0 Å². The second kappa shape index (κ2) is 6.06. The number of hydrogen-bond acceptors (Lipinski definition) is 0. The molecule has 0 N–H and O–H groups in total. The van der Waals surface area contributed by atoms with Crippen molar-refractivity contribution >= 4 is 0 Å². The van der Waals surface area contributed by atoms with Crippen LogP contribution in [0.25, 0.3) is 0 Å². The summed E-state index contributed by atoms with van der Waals surface area (Å²) in [6.07, 6.45) is 6.48. The van der Waals surface area contributed by atoms with Crippen LogP contribution in [0, 0.1) is 11.8 Å². The lowest BCUT2D eigenvalue weighted by molar-refractivity contribution is 0.559. The Hall–Kier alpha value is -1.56. The molecule has 3 rings (SSSR count). The van der Waals surface area contributed by atoms with Crippen molar-refractivity contribution in [2.24, 2.45) is 5.92 Å². The van der Waals surface area contributed by atoms with Crippen LogP contribution in [-0.2, 0) is 12.8 Å². The zero-order valence-electron chi connectivity index (χ0n) is 11.4. The van der Waals surface area contributed by atoms with Crippen molar-refractivity contribution in [3.05, 3.63) is 77.7 Å². The van der Waals surface area contributed by atoms with Crippen LogP contribution in [0.3, 0.4) is 0 Å². The van der Waals surface area contributed by atoms with Crippen LogP contribution in [-0.4, -0.2) is 0 Å². The molecule has 1 fully saturated rings. The molecule has 0 bridgehead atoms. The van der Waals surface area contributed by atoms with E-state index in [4.69, 9.17) is 0 Å². The van der Waals surface area contributed by atoms with Gasteiger partial charge in [0.25, 0.3) is 0 Å². The lowest BCUT2D eigenvalue weighted by Crippen LogP contribution is -2.11. The van der Waals surface area contributed by atoms with Crippen molar-refractivity contribution in [2.75, 3.05) is 0 Å². The summed E-state index contributed by atoms with van der Waals surface area (Å²) in [6, 6.07) is 21.8. The summed E-state index contributed by atoms with van der Waals surface area (Å²) >= 11 is 0. The van der Waals surface area contributed by atoms with Crippen LogP contribution < -0.4 is 0 Å². The van der Waals surface area contributed by atoms with E-state index in [1.807, 2.05) is 0 Å². The third kappa shape index (κ3) is 3.26. The monoisotopic (exact) mass is 249 g/mol. The predicted molar refractivity (Wildman–Crippen MR) is 80.9 cm³/mol. The molecule has 1 aliphatic rings. The molecule has 1 saturated carbocycles. The highest BCUT2D eigenvalue weighted by atomic mass is 14.3. The van der Waals surface area contributed by atoms with Gasteiger partial charge in [0.2, 0.25) is 0 Å². The Labute approximate surface area is 116 Å². The molecule has 0 amide bonds. The van der Waals surface area contributed by atoms with Crippen molar-refractivity contribution in [2.45, 2.75) is 32.1 Å². The molecule has 97 valence electrons. The van der Waals surface area contributed by atoms with E-state index in [1.54, 1.807) is 5.92 Å². The van der Waals surface area contributed by atoms with Crippen LogP contribution >= 0.6 is 0 Å². The Morgan fingerprint density at radius 1 is 0.789 bits per heavy atom. The van der Waals surface area contributed by atoms with E-state index >= 15 is 0 Å². The van der Waals surface area contributed by atoms with E-state index in [0.29, 0.717) is 0 Å². The topological polar surface area (TPSA) is 0 Å². The van der Waals surface area contributed by atoms with Gasteiger partial charge in [-0.2, -0.15) is 0 Å². The fourth-order valence-electron chi connectivity index (χ4n) is 3.22. The Morgan fingerprint density at radius 2 is 1.42 bits per heavy atom. The first-order chi connectivity index (χ1) is 9.42. The number of rotatable bonds is 4. The Bertz CT molecular complexity index is 438. The lowest BCUT2D eigenvalue weighted by atomic mass is 9.85. The van der Waals surface area contributed by atoms with Crippen molar-refractivity contribution in [1.29, 1.82) is 0 Å². The largest absolute Gasteiger partial charge is 0.0622 e. The highest BCUT2D eigenvalue weighted by molar-refractivity contribution is 5.23. The Balaban J connectivity index is 1.65. The van der Waals surface area contributed by atoms with Gasteiger partial charge in [0.15, 0.2) is 0 Å². The Kier molecular flexibility index (Phi) is 3.98. The predicted octanol–water partition coefficient (Wildman–Crippen LogP) is 4.85. The van der Waals surface area contributed by atoms with Crippen LogP contribution in [0.2, 0.25) is 0 Å². The maximum absolute atomic E-state index is 2.26. The fourth-order valence-corrected chi connectivity index (χ4v) is 3.22. The molecule has 1 atom stereocenters. The first-order valence-corrected chi connectivity index (χ1v) is 7.34. The second-order valence-corrected chi connectivity index (χ2v) is 5.60. The number of benzene rings is 2. The highest BCUT2D eigenvalue weighted by Crippen LogP contribution is 2.38. The summed E-state index contributed by atoms with van der Waals surface area (Å²) in [4.78, 5) is 0. The van der Waals surface area contributed by atoms with Crippen molar-refractivity contribution in [3.63, 3.8) is 0 Å². The zero-order valence-corrected chi connectivity index (χ0v) is 11.4. The van der Waals surface area contributed by atoms with Crippen molar-refractivity contribution in [3.8, 4) is 0 Å². The standard InChI is InChI=1S/C19H21/c1-3-8-16(9-4-1)14-18-12-7-13-19(18)15-17-10-5-2-6-11-17/h1-6,8-11,18H,7,12-15H2. The van der Waals surface area contributed by atoms with Gasteiger partial charge in [0.05, 0.1) is 0 Å². The molecule has 0 heterocycles. The van der Waals surface area contributed by atoms with E-state index in [0.717, 1.165) is 5.92 Å². The summed E-state index contributed by atoms with van der Waals surface area (Å²) < 4.78 is 0. The quantitative estimate of drug-likeness (QED) is 0.727. The first kappa shape index (κ1) is 12.5. The molecule has 0 heteroatoms. The van der Waals surface area contributed by atoms with Gasteiger partial charge in [-0.05, 0) is 48.6 Å². The van der Waals surface area contributed by atoms with Crippen molar-refractivity contribution < 1.29 is 0 Å². The van der Waals surface area contributed by atoms with Gasteiger partial charge in [-0.15, -0.1) is 0 Å². The minimum absolute atomic E-state index is 0.794. The van der Waals surface area contributed by atoms with E-state index in [-0.39, 0.29) is 0 Å². The summed E-state index contributed by atoms with van der Waals surface area (Å²) in [6.45, 7) is 0. The summed E-state index contributed by atoms with van der Waals surface area (Å²) in [5.74, 6) is 2.55. The Morgan fingerprint density at radius 3 is 2.11 bits per heavy atom. The van der Waals surface area contributed by atoms with Gasteiger partial charge in [-0.25, -0.2) is 0 Å². The molecule has 1 radical (unpaired) electrons. The molecule has 19 heavy (non-hydrogen) atoms. The van der Waals surface area contributed by atoms with Crippen molar-refractivity contribution in [1.82, 2.24) is 0 Å². The molecule has 0 nitrogen and oxygen atoms in total. The molecule has 1 unspecified atom stereocenters. The van der Waals surface area contributed by atoms with Gasteiger partial charge >= 0.3 is 0 Å². The molecule has 2 aromatic carbocycles. The third-order valence-corrected chi connectivity index (χ3v) is 4.23. The SMILES string of the molecule is c1ccc(C[C]2CCCC2Cc2ccccc2)cc1. The van der Waals surface area contributed by atoms with E-state index in [9.17, 15) is 0 Å². The average Bonchev–Trinajstić information content (AvgIpc) is 2.88. The van der Waals surface area contributed by atoms with E-state index < -0.39 is 0 Å². The maximum atomic E-state index is 2.26. The molecular weight excluding hydrogens is 228 g/mol. The maximum Gasteiger partial charge on any atom is -0.0163 e. The minimum Gasteiger partial charge on any atom is -0.0622 e. The fraction of sp³-hybridized carbons (Fsp3) is 0.316. The smallest absolute Gasteiger partial charge is 0.0163 e. The normalized spacial score (nSPS) is 19.7. The molecule has 1 aliphatic carbocycles. The molecule has 0 spiro atoms.